The van der Waals surface area contributed by atoms with E-state index in [9.17, 15) is 0 Å². The predicted octanol–water partition coefficient (Wildman–Crippen LogP) is 3.67. The highest BCUT2D eigenvalue weighted by Gasteiger charge is 2.22. The molecule has 2 fully saturated rings. The van der Waals surface area contributed by atoms with Crippen molar-refractivity contribution >= 4 is 0 Å². The van der Waals surface area contributed by atoms with Gasteiger partial charge in [0, 0.05) is 12.6 Å². The minimum Gasteiger partial charge on any atom is -0.314 e. The molecule has 0 amide bonds. The van der Waals surface area contributed by atoms with Gasteiger partial charge in [0.2, 0.25) is 0 Å². The van der Waals surface area contributed by atoms with Gasteiger partial charge >= 0.3 is 0 Å². The molecule has 0 spiro atoms. The van der Waals surface area contributed by atoms with Crippen LogP contribution in [0.4, 0.5) is 0 Å². The Labute approximate surface area is 120 Å². The van der Waals surface area contributed by atoms with E-state index < -0.39 is 0 Å². The monoisotopic (exact) mass is 266 g/mol. The lowest BCUT2D eigenvalue weighted by molar-refractivity contribution is 0.163. The van der Waals surface area contributed by atoms with Crippen molar-refractivity contribution in [1.82, 2.24) is 10.2 Å². The van der Waals surface area contributed by atoms with Gasteiger partial charge in [-0.15, -0.1) is 0 Å². The zero-order chi connectivity index (χ0) is 13.5. The van der Waals surface area contributed by atoms with E-state index in [1.807, 2.05) is 0 Å². The van der Waals surface area contributed by atoms with Crippen LogP contribution in [0.25, 0.3) is 0 Å². The molecule has 1 saturated carbocycles. The Bertz CT molecular complexity index is 233. The average molecular weight is 266 g/mol. The Morgan fingerprint density at radius 3 is 2.32 bits per heavy atom. The van der Waals surface area contributed by atoms with Gasteiger partial charge in [0.15, 0.2) is 0 Å². The first-order valence-corrected chi connectivity index (χ1v) is 8.77. The van der Waals surface area contributed by atoms with Crippen molar-refractivity contribution in [2.75, 3.05) is 26.2 Å². The molecule has 2 rings (SSSR count). The molecule has 2 nitrogen and oxygen atoms in total. The molecule has 1 heterocycles. The van der Waals surface area contributed by atoms with Gasteiger partial charge in [0.05, 0.1) is 0 Å². The largest absolute Gasteiger partial charge is 0.314 e. The molecule has 0 bridgehead atoms. The van der Waals surface area contributed by atoms with Gasteiger partial charge in [0.25, 0.3) is 0 Å². The first-order chi connectivity index (χ1) is 9.31. The highest BCUT2D eigenvalue weighted by molar-refractivity contribution is 4.77. The van der Waals surface area contributed by atoms with E-state index >= 15 is 0 Å². The minimum atomic E-state index is 0.763. The average Bonchev–Trinajstić information content (AvgIpc) is 2.43. The summed E-state index contributed by atoms with van der Waals surface area (Å²) in [4.78, 5) is 2.76. The van der Waals surface area contributed by atoms with Crippen LogP contribution in [0, 0.1) is 11.8 Å². The molecular formula is C17H34N2. The Hall–Kier alpha value is -0.0800. The second kappa shape index (κ2) is 8.26. The van der Waals surface area contributed by atoms with E-state index in [1.54, 1.807) is 0 Å². The van der Waals surface area contributed by atoms with Crippen LogP contribution >= 0.6 is 0 Å². The third-order valence-corrected chi connectivity index (χ3v) is 5.43. The predicted molar refractivity (Wildman–Crippen MR) is 83.5 cm³/mol. The summed E-state index contributed by atoms with van der Waals surface area (Å²) in [5.41, 5.74) is 0. The summed E-state index contributed by atoms with van der Waals surface area (Å²) in [5, 5.41) is 3.68. The summed E-state index contributed by atoms with van der Waals surface area (Å²) in [7, 11) is 0. The van der Waals surface area contributed by atoms with Gasteiger partial charge in [-0.25, -0.2) is 0 Å². The molecule has 0 aromatic rings. The highest BCUT2D eigenvalue weighted by Crippen LogP contribution is 2.31. The lowest BCUT2D eigenvalue weighted by Gasteiger charge is -2.34. The molecular weight excluding hydrogens is 232 g/mol. The van der Waals surface area contributed by atoms with Crippen LogP contribution in [0.15, 0.2) is 0 Å². The second-order valence-electron chi connectivity index (χ2n) is 6.80. The van der Waals surface area contributed by atoms with E-state index in [0.29, 0.717) is 0 Å². The van der Waals surface area contributed by atoms with Crippen LogP contribution < -0.4 is 5.32 Å². The second-order valence-corrected chi connectivity index (χ2v) is 6.80. The molecule has 0 radical (unpaired) electrons. The Morgan fingerprint density at radius 2 is 1.63 bits per heavy atom. The summed E-state index contributed by atoms with van der Waals surface area (Å²) >= 11 is 0. The van der Waals surface area contributed by atoms with Crippen molar-refractivity contribution in [2.45, 2.75) is 71.3 Å². The molecule has 1 atom stereocenters. The minimum absolute atomic E-state index is 0.763. The SMILES string of the molecule is CCC1CCC(CN2CCCNC(CC)CC2)CC1. The summed E-state index contributed by atoms with van der Waals surface area (Å²) in [6.07, 6.45) is 11.3. The van der Waals surface area contributed by atoms with Gasteiger partial charge in [-0.1, -0.05) is 33.1 Å². The zero-order valence-corrected chi connectivity index (χ0v) is 13.2. The van der Waals surface area contributed by atoms with Gasteiger partial charge in [0.1, 0.15) is 0 Å². The fourth-order valence-corrected chi connectivity index (χ4v) is 3.88. The number of nitrogens with zero attached hydrogens (tertiary/aromatic N) is 1. The topological polar surface area (TPSA) is 15.3 Å². The van der Waals surface area contributed by atoms with Crippen molar-refractivity contribution in [3.8, 4) is 0 Å². The molecule has 0 aromatic heterocycles. The normalized spacial score (nSPS) is 34.7. The van der Waals surface area contributed by atoms with E-state index in [1.165, 1.54) is 77.5 Å². The van der Waals surface area contributed by atoms with Crippen molar-refractivity contribution in [2.24, 2.45) is 11.8 Å². The first kappa shape index (κ1) is 15.3. The summed E-state index contributed by atoms with van der Waals surface area (Å²) < 4.78 is 0. The molecule has 1 unspecified atom stereocenters. The Kier molecular flexibility index (Phi) is 6.66. The maximum Gasteiger partial charge on any atom is 0.00766 e. The van der Waals surface area contributed by atoms with Crippen LogP contribution in [0.2, 0.25) is 0 Å². The molecule has 112 valence electrons. The van der Waals surface area contributed by atoms with Crippen molar-refractivity contribution in [3.05, 3.63) is 0 Å². The van der Waals surface area contributed by atoms with Crippen LogP contribution in [0.1, 0.15) is 65.2 Å². The van der Waals surface area contributed by atoms with Crippen molar-refractivity contribution in [3.63, 3.8) is 0 Å². The molecule has 0 aromatic carbocycles. The third-order valence-electron chi connectivity index (χ3n) is 5.43. The fourth-order valence-electron chi connectivity index (χ4n) is 3.88. The lowest BCUT2D eigenvalue weighted by atomic mass is 9.80. The lowest BCUT2D eigenvalue weighted by Crippen LogP contribution is -2.41. The van der Waals surface area contributed by atoms with Crippen LogP contribution in [-0.2, 0) is 0 Å². The van der Waals surface area contributed by atoms with E-state index in [0.717, 1.165) is 17.9 Å². The molecule has 1 aliphatic heterocycles. The van der Waals surface area contributed by atoms with Gasteiger partial charge in [-0.2, -0.15) is 0 Å². The zero-order valence-electron chi connectivity index (χ0n) is 13.2. The van der Waals surface area contributed by atoms with Gasteiger partial charge in [-0.05, 0) is 63.6 Å². The van der Waals surface area contributed by atoms with E-state index in [2.05, 4.69) is 24.1 Å². The Morgan fingerprint density at radius 1 is 0.895 bits per heavy atom. The number of hydrogen-bond donors (Lipinski definition) is 1. The van der Waals surface area contributed by atoms with Gasteiger partial charge < -0.3 is 10.2 Å². The third kappa shape index (κ3) is 5.07. The van der Waals surface area contributed by atoms with E-state index in [-0.39, 0.29) is 0 Å². The maximum atomic E-state index is 3.68. The van der Waals surface area contributed by atoms with Gasteiger partial charge in [-0.3, -0.25) is 0 Å². The van der Waals surface area contributed by atoms with Crippen molar-refractivity contribution in [1.29, 1.82) is 0 Å². The molecule has 1 aliphatic carbocycles. The van der Waals surface area contributed by atoms with Crippen LogP contribution in [0.3, 0.4) is 0 Å². The highest BCUT2D eigenvalue weighted by atomic mass is 15.1. The number of hydrogen-bond acceptors (Lipinski definition) is 2. The number of nitrogens with one attached hydrogen (secondary N) is 1. The molecule has 2 heteroatoms. The Balaban J connectivity index is 1.72. The number of rotatable bonds is 4. The van der Waals surface area contributed by atoms with Crippen LogP contribution in [0.5, 0.6) is 0 Å². The molecule has 1 saturated heterocycles. The van der Waals surface area contributed by atoms with Crippen molar-refractivity contribution < 1.29 is 0 Å². The summed E-state index contributed by atoms with van der Waals surface area (Å²) in [6.45, 7) is 9.91. The molecule has 1 N–H and O–H groups in total. The maximum absolute atomic E-state index is 3.68. The first-order valence-electron chi connectivity index (χ1n) is 8.77. The fraction of sp³-hybridized carbons (Fsp3) is 1.00. The summed E-state index contributed by atoms with van der Waals surface area (Å²) in [6, 6.07) is 0.763. The molecule has 2 aliphatic rings. The van der Waals surface area contributed by atoms with E-state index in [4.69, 9.17) is 0 Å². The van der Waals surface area contributed by atoms with Crippen LogP contribution in [-0.4, -0.2) is 37.1 Å². The molecule has 19 heavy (non-hydrogen) atoms. The summed E-state index contributed by atoms with van der Waals surface area (Å²) in [5.74, 6) is 2.03. The quantitative estimate of drug-likeness (QED) is 0.835. The standard InChI is InChI=1S/C17H34N2/c1-3-15-6-8-16(9-7-15)14-19-12-5-11-18-17(4-2)10-13-19/h15-18H,3-14H2,1-2H3. The smallest absolute Gasteiger partial charge is 0.00766 e.